The van der Waals surface area contributed by atoms with Crippen LogP contribution in [0.5, 0.6) is 0 Å². The van der Waals surface area contributed by atoms with Crippen LogP contribution in [0.3, 0.4) is 0 Å². The number of nitrogen functional groups attached to an aromatic ring is 1. The smallest absolute Gasteiger partial charge is 0.141 e. The molecule has 6 heteroatoms. The molecule has 2 aromatic rings. The van der Waals surface area contributed by atoms with Crippen molar-refractivity contribution in [1.82, 2.24) is 4.98 Å². The van der Waals surface area contributed by atoms with E-state index in [9.17, 15) is 8.78 Å². The lowest BCUT2D eigenvalue weighted by Crippen LogP contribution is -2.13. The number of aromatic nitrogens is 1. The minimum Gasteiger partial charge on any atom is -0.382 e. The van der Waals surface area contributed by atoms with Crippen molar-refractivity contribution >= 4 is 17.6 Å². The van der Waals surface area contributed by atoms with Crippen molar-refractivity contribution in [3.63, 3.8) is 0 Å². The third kappa shape index (κ3) is 3.51. The zero-order valence-corrected chi connectivity index (χ0v) is 10.7. The number of halogens is 2. The van der Waals surface area contributed by atoms with Gasteiger partial charge in [-0.3, -0.25) is 10.4 Å². The minimum atomic E-state index is -0.593. The lowest BCUT2D eigenvalue weighted by molar-refractivity contribution is 0.565. The number of pyridine rings is 1. The Bertz CT molecular complexity index is 617. The third-order valence-electron chi connectivity index (χ3n) is 2.39. The van der Waals surface area contributed by atoms with Crippen molar-refractivity contribution in [1.29, 1.82) is 5.41 Å². The van der Waals surface area contributed by atoms with Crippen molar-refractivity contribution in [3.8, 4) is 0 Å². The van der Waals surface area contributed by atoms with Gasteiger partial charge in [0.1, 0.15) is 23.2 Å². The number of hydrogen-bond donors (Lipinski definition) is 2. The predicted octanol–water partition coefficient (Wildman–Crippen LogP) is 2.94. The number of nitrogens with two attached hydrogens (primary N) is 1. The van der Waals surface area contributed by atoms with Gasteiger partial charge in [0.05, 0.1) is 0 Å². The fourth-order valence-corrected chi connectivity index (χ4v) is 2.33. The second kappa shape index (κ2) is 5.79. The number of nitrogens with zero attached hydrogens (tertiary/aromatic N) is 1. The summed E-state index contributed by atoms with van der Waals surface area (Å²) in [6.07, 6.45) is 1.55. The highest BCUT2D eigenvalue weighted by Crippen LogP contribution is 2.25. The van der Waals surface area contributed by atoms with E-state index in [4.69, 9.17) is 11.1 Å². The zero-order chi connectivity index (χ0) is 13.8. The molecule has 3 nitrogen and oxygen atoms in total. The first-order chi connectivity index (χ1) is 9.06. The molecule has 98 valence electrons. The predicted molar refractivity (Wildman–Crippen MR) is 71.2 cm³/mol. The average Bonchev–Trinajstić information content (AvgIpc) is 2.38. The topological polar surface area (TPSA) is 62.8 Å². The SMILES string of the molecule is N=C(N)c1cc(CSc2ccc(F)cc2F)ccn1. The highest BCUT2D eigenvalue weighted by atomic mass is 32.2. The molecule has 0 bridgehead atoms. The van der Waals surface area contributed by atoms with Crippen LogP contribution >= 0.6 is 11.8 Å². The lowest BCUT2D eigenvalue weighted by Gasteiger charge is -2.05. The molecular formula is C13H11F2N3S. The van der Waals surface area contributed by atoms with Crippen molar-refractivity contribution in [2.75, 3.05) is 0 Å². The summed E-state index contributed by atoms with van der Waals surface area (Å²) in [4.78, 5) is 4.32. The zero-order valence-electron chi connectivity index (χ0n) is 9.86. The molecule has 19 heavy (non-hydrogen) atoms. The molecule has 0 fully saturated rings. The molecule has 0 aliphatic carbocycles. The van der Waals surface area contributed by atoms with E-state index in [0.717, 1.165) is 11.6 Å². The number of rotatable bonds is 4. The van der Waals surface area contributed by atoms with Gasteiger partial charge in [0.25, 0.3) is 0 Å². The number of benzene rings is 1. The molecule has 0 saturated carbocycles. The van der Waals surface area contributed by atoms with Gasteiger partial charge < -0.3 is 5.73 Å². The van der Waals surface area contributed by atoms with E-state index in [1.54, 1.807) is 18.3 Å². The van der Waals surface area contributed by atoms with Gasteiger partial charge >= 0.3 is 0 Å². The summed E-state index contributed by atoms with van der Waals surface area (Å²) in [5, 5.41) is 7.29. The Balaban J connectivity index is 2.10. The normalized spacial score (nSPS) is 10.4. The number of thioether (sulfide) groups is 1. The molecule has 0 spiro atoms. The van der Waals surface area contributed by atoms with Gasteiger partial charge in [-0.1, -0.05) is 0 Å². The van der Waals surface area contributed by atoms with E-state index in [1.807, 2.05) is 0 Å². The van der Waals surface area contributed by atoms with Gasteiger partial charge in [0.15, 0.2) is 0 Å². The molecule has 0 atom stereocenters. The summed E-state index contributed by atoms with van der Waals surface area (Å²) in [6, 6.07) is 6.93. The fourth-order valence-electron chi connectivity index (χ4n) is 1.46. The van der Waals surface area contributed by atoms with E-state index >= 15 is 0 Å². The van der Waals surface area contributed by atoms with Gasteiger partial charge in [-0.2, -0.15) is 0 Å². The monoisotopic (exact) mass is 279 g/mol. The van der Waals surface area contributed by atoms with E-state index in [2.05, 4.69) is 4.98 Å². The van der Waals surface area contributed by atoms with Crippen LogP contribution in [0.2, 0.25) is 0 Å². The number of nitrogens with one attached hydrogen (secondary N) is 1. The standard InChI is InChI=1S/C13H11F2N3S/c14-9-1-2-12(10(15)6-9)19-7-8-3-4-18-11(5-8)13(16)17/h1-6H,7H2,(H3,16,17). The van der Waals surface area contributed by atoms with Crippen LogP contribution in [-0.4, -0.2) is 10.8 Å². The largest absolute Gasteiger partial charge is 0.382 e. The Labute approximate surface area is 113 Å². The Kier molecular flexibility index (Phi) is 4.11. The van der Waals surface area contributed by atoms with Gasteiger partial charge in [0.2, 0.25) is 0 Å². The molecule has 1 heterocycles. The first-order valence-corrected chi connectivity index (χ1v) is 6.42. The molecule has 0 aliphatic rings. The maximum atomic E-state index is 13.4. The highest BCUT2D eigenvalue weighted by Gasteiger charge is 2.06. The summed E-state index contributed by atoms with van der Waals surface area (Å²) < 4.78 is 26.2. The summed E-state index contributed by atoms with van der Waals surface area (Å²) in [5.41, 5.74) is 6.60. The van der Waals surface area contributed by atoms with Gasteiger partial charge in [0, 0.05) is 22.9 Å². The highest BCUT2D eigenvalue weighted by molar-refractivity contribution is 7.98. The van der Waals surface area contributed by atoms with Crippen LogP contribution in [-0.2, 0) is 5.75 Å². The van der Waals surface area contributed by atoms with E-state index in [-0.39, 0.29) is 5.84 Å². The minimum absolute atomic E-state index is 0.111. The summed E-state index contributed by atoms with van der Waals surface area (Å²) in [7, 11) is 0. The average molecular weight is 279 g/mol. The molecule has 0 aliphatic heterocycles. The Morgan fingerprint density at radius 2 is 2.05 bits per heavy atom. The van der Waals surface area contributed by atoms with Crippen molar-refractivity contribution in [2.24, 2.45) is 5.73 Å². The third-order valence-corrected chi connectivity index (χ3v) is 3.51. The fraction of sp³-hybridized carbons (Fsp3) is 0.0769. The molecule has 0 amide bonds. The van der Waals surface area contributed by atoms with E-state index in [0.29, 0.717) is 16.3 Å². The maximum absolute atomic E-state index is 13.4. The lowest BCUT2D eigenvalue weighted by atomic mass is 10.2. The van der Waals surface area contributed by atoms with Gasteiger partial charge in [-0.25, -0.2) is 8.78 Å². The summed E-state index contributed by atoms with van der Waals surface area (Å²) in [6.45, 7) is 0. The Morgan fingerprint density at radius 3 is 2.74 bits per heavy atom. The van der Waals surface area contributed by atoms with E-state index < -0.39 is 11.6 Å². The van der Waals surface area contributed by atoms with Crippen LogP contribution in [0, 0.1) is 17.0 Å². The second-order valence-electron chi connectivity index (χ2n) is 3.83. The first-order valence-electron chi connectivity index (χ1n) is 5.43. The molecule has 1 aromatic heterocycles. The van der Waals surface area contributed by atoms with Crippen molar-refractivity contribution < 1.29 is 8.78 Å². The quantitative estimate of drug-likeness (QED) is 0.514. The van der Waals surface area contributed by atoms with Crippen LogP contribution < -0.4 is 5.73 Å². The Morgan fingerprint density at radius 1 is 1.26 bits per heavy atom. The summed E-state index contributed by atoms with van der Waals surface area (Å²) >= 11 is 1.25. The molecule has 0 saturated heterocycles. The molecule has 1 aromatic carbocycles. The van der Waals surface area contributed by atoms with Crippen molar-refractivity contribution in [2.45, 2.75) is 10.6 Å². The van der Waals surface area contributed by atoms with Gasteiger partial charge in [-0.05, 0) is 29.8 Å². The van der Waals surface area contributed by atoms with Gasteiger partial charge in [-0.15, -0.1) is 11.8 Å². The molecule has 2 rings (SSSR count). The summed E-state index contributed by atoms with van der Waals surface area (Å²) in [5.74, 6) is -0.791. The van der Waals surface area contributed by atoms with Crippen molar-refractivity contribution in [3.05, 3.63) is 59.4 Å². The molecule has 0 unspecified atom stereocenters. The Hall–Kier alpha value is -1.95. The maximum Gasteiger partial charge on any atom is 0.141 e. The van der Waals surface area contributed by atoms with Crippen LogP contribution in [0.15, 0.2) is 41.4 Å². The molecule has 0 radical (unpaired) electrons. The first kappa shape index (κ1) is 13.5. The van der Waals surface area contributed by atoms with Crippen LogP contribution in [0.25, 0.3) is 0 Å². The number of hydrogen-bond acceptors (Lipinski definition) is 3. The number of amidine groups is 1. The van der Waals surface area contributed by atoms with Crippen LogP contribution in [0.4, 0.5) is 8.78 Å². The molecule has 3 N–H and O–H groups in total. The van der Waals surface area contributed by atoms with E-state index in [1.165, 1.54) is 23.9 Å². The van der Waals surface area contributed by atoms with Crippen LogP contribution in [0.1, 0.15) is 11.3 Å². The molecular weight excluding hydrogens is 268 g/mol. The second-order valence-corrected chi connectivity index (χ2v) is 4.84.